The molecule has 0 saturated carbocycles. The number of nitrogens with one attached hydrogen (secondary N) is 1. The fourth-order valence-electron chi connectivity index (χ4n) is 3.21. The summed E-state index contributed by atoms with van der Waals surface area (Å²) < 4.78 is 20.5. The van der Waals surface area contributed by atoms with Gasteiger partial charge in [0.05, 0.1) is 6.54 Å². The van der Waals surface area contributed by atoms with Gasteiger partial charge in [-0.25, -0.2) is 9.18 Å². The van der Waals surface area contributed by atoms with E-state index in [-0.39, 0.29) is 23.8 Å². The lowest BCUT2D eigenvalue weighted by atomic mass is 10.2. The summed E-state index contributed by atoms with van der Waals surface area (Å²) in [5.41, 5.74) is 5.36. The van der Waals surface area contributed by atoms with Gasteiger partial charge in [0, 0.05) is 6.54 Å². The van der Waals surface area contributed by atoms with Crippen molar-refractivity contribution in [1.82, 2.24) is 9.55 Å². The number of para-hydroxylation sites is 1. The third-order valence-electron chi connectivity index (χ3n) is 4.89. The summed E-state index contributed by atoms with van der Waals surface area (Å²) in [5.74, 6) is -1.42. The zero-order valence-electron chi connectivity index (χ0n) is 17.7. The molecular weight excluding hydrogens is 415 g/mol. The number of ether oxygens (including phenoxy) is 1. The second-order valence-electron chi connectivity index (χ2n) is 7.18. The first-order valence-corrected chi connectivity index (χ1v) is 10.3. The van der Waals surface area contributed by atoms with Crippen LogP contribution in [-0.4, -0.2) is 22.1 Å². The Hall–Kier alpha value is -3.88. The molecule has 0 atom stereocenters. The van der Waals surface area contributed by atoms with Crippen molar-refractivity contribution in [2.45, 2.75) is 32.9 Å². The van der Waals surface area contributed by atoms with Gasteiger partial charge in [0.25, 0.3) is 11.5 Å². The zero-order valence-corrected chi connectivity index (χ0v) is 17.7. The second-order valence-corrected chi connectivity index (χ2v) is 7.18. The average molecular weight is 440 g/mol. The Bertz CT molecular complexity index is 1190. The molecule has 0 fully saturated rings. The summed E-state index contributed by atoms with van der Waals surface area (Å²) in [6.45, 7) is 1.74. The van der Waals surface area contributed by atoms with Crippen molar-refractivity contribution < 1.29 is 13.9 Å². The van der Waals surface area contributed by atoms with Crippen LogP contribution in [0.3, 0.4) is 0 Å². The van der Waals surface area contributed by atoms with Crippen LogP contribution >= 0.6 is 0 Å². The first-order valence-electron chi connectivity index (χ1n) is 10.3. The summed E-state index contributed by atoms with van der Waals surface area (Å²) in [6.07, 6.45) is 1.47. The molecule has 3 N–H and O–H groups in total. The van der Waals surface area contributed by atoms with Crippen LogP contribution in [0.25, 0.3) is 0 Å². The van der Waals surface area contributed by atoms with Crippen molar-refractivity contribution in [3.8, 4) is 5.75 Å². The Labute approximate surface area is 184 Å². The molecule has 3 rings (SSSR count). The number of carbonyl (C=O) groups is 1. The Morgan fingerprint density at radius 1 is 1.12 bits per heavy atom. The van der Waals surface area contributed by atoms with Gasteiger partial charge in [-0.2, -0.15) is 0 Å². The topological polar surface area (TPSA) is 110 Å². The van der Waals surface area contributed by atoms with E-state index in [2.05, 4.69) is 4.98 Å². The van der Waals surface area contributed by atoms with Crippen LogP contribution in [0.5, 0.6) is 5.75 Å². The van der Waals surface area contributed by atoms with E-state index in [9.17, 15) is 18.8 Å². The highest BCUT2D eigenvalue weighted by molar-refractivity contribution is 5.96. The number of rotatable bonds is 9. The van der Waals surface area contributed by atoms with E-state index in [4.69, 9.17) is 10.5 Å². The lowest BCUT2D eigenvalue weighted by Gasteiger charge is -2.25. The number of halogens is 1. The van der Waals surface area contributed by atoms with Crippen LogP contribution in [0, 0.1) is 5.82 Å². The second kappa shape index (κ2) is 10.4. The number of anilines is 2. The summed E-state index contributed by atoms with van der Waals surface area (Å²) in [4.78, 5) is 41.5. The number of hydrogen-bond donors (Lipinski definition) is 2. The van der Waals surface area contributed by atoms with Crippen LogP contribution in [0.15, 0.2) is 64.2 Å². The Morgan fingerprint density at radius 2 is 1.81 bits per heavy atom. The maximum absolute atomic E-state index is 13.9. The van der Waals surface area contributed by atoms with Crippen molar-refractivity contribution in [2.75, 3.05) is 17.2 Å². The maximum Gasteiger partial charge on any atom is 0.330 e. The van der Waals surface area contributed by atoms with E-state index >= 15 is 0 Å². The fourth-order valence-corrected chi connectivity index (χ4v) is 3.21. The monoisotopic (exact) mass is 440 g/mol. The van der Waals surface area contributed by atoms with E-state index in [1.807, 2.05) is 13.0 Å². The first-order chi connectivity index (χ1) is 15.4. The molecule has 9 heteroatoms. The van der Waals surface area contributed by atoms with Crippen molar-refractivity contribution in [3.05, 3.63) is 86.8 Å². The number of unbranched alkanes of at least 4 members (excludes halogenated alkanes) is 1. The molecule has 3 aromatic rings. The molecule has 0 unspecified atom stereocenters. The smallest absolute Gasteiger partial charge is 0.330 e. The Kier molecular flexibility index (Phi) is 7.43. The first kappa shape index (κ1) is 22.8. The normalized spacial score (nSPS) is 10.7. The standard InChI is InChI=1S/C23H25FN4O4/c1-2-3-13-27-21(25)20(22(30)26-23(27)31)28(14-16-9-5-4-6-10-16)19(29)15-32-18-12-8-7-11-17(18)24/h4-12H,2-3,13-15,25H2,1H3,(H,26,30,31). The van der Waals surface area contributed by atoms with Crippen molar-refractivity contribution in [3.63, 3.8) is 0 Å². The van der Waals surface area contributed by atoms with Gasteiger partial charge in [0.2, 0.25) is 0 Å². The van der Waals surface area contributed by atoms with Crippen molar-refractivity contribution in [2.24, 2.45) is 0 Å². The number of aromatic amines is 1. The van der Waals surface area contributed by atoms with Gasteiger partial charge in [-0.15, -0.1) is 0 Å². The number of nitrogens with two attached hydrogens (primary N) is 1. The summed E-state index contributed by atoms with van der Waals surface area (Å²) in [6, 6.07) is 14.7. The lowest BCUT2D eigenvalue weighted by molar-refractivity contribution is -0.120. The van der Waals surface area contributed by atoms with Crippen LogP contribution in [-0.2, 0) is 17.9 Å². The van der Waals surface area contributed by atoms with Gasteiger partial charge in [-0.1, -0.05) is 55.8 Å². The number of H-pyrrole nitrogens is 1. The fraction of sp³-hybridized carbons (Fsp3) is 0.261. The predicted molar refractivity (Wildman–Crippen MR) is 120 cm³/mol. The summed E-state index contributed by atoms with van der Waals surface area (Å²) >= 11 is 0. The zero-order chi connectivity index (χ0) is 23.1. The van der Waals surface area contributed by atoms with E-state index in [0.29, 0.717) is 13.0 Å². The Morgan fingerprint density at radius 3 is 2.50 bits per heavy atom. The van der Waals surface area contributed by atoms with E-state index < -0.39 is 29.6 Å². The molecule has 1 heterocycles. The summed E-state index contributed by atoms with van der Waals surface area (Å²) in [7, 11) is 0. The quantitative estimate of drug-likeness (QED) is 0.532. The molecule has 1 aromatic heterocycles. The molecule has 0 saturated heterocycles. The predicted octanol–water partition coefficient (Wildman–Crippen LogP) is 2.67. The summed E-state index contributed by atoms with van der Waals surface area (Å²) in [5, 5.41) is 0. The molecule has 2 aromatic carbocycles. The van der Waals surface area contributed by atoms with Gasteiger partial charge in [-0.3, -0.25) is 24.0 Å². The number of amides is 1. The third-order valence-corrected chi connectivity index (χ3v) is 4.89. The minimum atomic E-state index is -0.782. The molecule has 32 heavy (non-hydrogen) atoms. The molecule has 1 amide bonds. The van der Waals surface area contributed by atoms with Gasteiger partial charge in [0.15, 0.2) is 23.9 Å². The van der Waals surface area contributed by atoms with Crippen molar-refractivity contribution in [1.29, 1.82) is 0 Å². The molecule has 8 nitrogen and oxygen atoms in total. The number of nitrogens with zero attached hydrogens (tertiary/aromatic N) is 2. The van der Waals surface area contributed by atoms with Gasteiger partial charge < -0.3 is 10.5 Å². The third kappa shape index (κ3) is 5.23. The highest BCUT2D eigenvalue weighted by Crippen LogP contribution is 2.21. The number of hydrogen-bond acceptors (Lipinski definition) is 5. The molecule has 0 bridgehead atoms. The maximum atomic E-state index is 13.9. The van der Waals surface area contributed by atoms with Gasteiger partial charge in [-0.05, 0) is 24.1 Å². The number of aromatic nitrogens is 2. The number of carbonyl (C=O) groups excluding carboxylic acids is 1. The number of nitrogen functional groups attached to an aromatic ring is 1. The Balaban J connectivity index is 1.99. The molecule has 0 aliphatic carbocycles. The van der Waals surface area contributed by atoms with Crippen molar-refractivity contribution >= 4 is 17.4 Å². The molecule has 0 aliphatic heterocycles. The van der Waals surface area contributed by atoms with E-state index in [1.165, 1.54) is 22.8 Å². The molecule has 0 aliphatic rings. The SMILES string of the molecule is CCCCn1c(N)c(N(Cc2ccccc2)C(=O)COc2ccccc2F)c(=O)[nH]c1=O. The largest absolute Gasteiger partial charge is 0.481 e. The minimum Gasteiger partial charge on any atom is -0.481 e. The molecular formula is C23H25FN4O4. The highest BCUT2D eigenvalue weighted by atomic mass is 19.1. The molecule has 0 spiro atoms. The molecule has 168 valence electrons. The highest BCUT2D eigenvalue weighted by Gasteiger charge is 2.25. The van der Waals surface area contributed by atoms with E-state index in [0.717, 1.165) is 16.9 Å². The average Bonchev–Trinajstić information content (AvgIpc) is 2.78. The molecule has 0 radical (unpaired) electrons. The van der Waals surface area contributed by atoms with Gasteiger partial charge >= 0.3 is 5.69 Å². The number of benzene rings is 2. The van der Waals surface area contributed by atoms with Crippen LogP contribution in [0.4, 0.5) is 15.9 Å². The minimum absolute atomic E-state index is 0.0135. The van der Waals surface area contributed by atoms with Crippen LogP contribution in [0.1, 0.15) is 25.3 Å². The van der Waals surface area contributed by atoms with Crippen LogP contribution < -0.4 is 26.6 Å². The van der Waals surface area contributed by atoms with E-state index in [1.54, 1.807) is 30.3 Å². The van der Waals surface area contributed by atoms with Crippen LogP contribution in [0.2, 0.25) is 0 Å². The van der Waals surface area contributed by atoms with Gasteiger partial charge in [0.1, 0.15) is 5.82 Å². The lowest BCUT2D eigenvalue weighted by Crippen LogP contribution is -2.42.